The fraction of sp³-hybridized carbons (Fsp3) is 0.0625. The minimum Gasteiger partial charge on any atom is -0.493 e. The number of para-hydroxylation sites is 1. The first-order valence-electron chi connectivity index (χ1n) is 12.9. The maximum Gasteiger partial charge on any atom is 0.335 e. The van der Waals surface area contributed by atoms with Gasteiger partial charge in [0.05, 0.1) is 33.4 Å². The molecule has 0 radical (unpaired) electrons. The number of furan rings is 1. The SMILES string of the molecule is COc1cc(C=Nn2c(-c3cc4cc(Cl)ccc4o3)nc3ccccc3c2=O)cc(I)c1OCc1cccc(C(=O)O)c1. The number of hydrogen-bond donors (Lipinski definition) is 1. The molecule has 6 rings (SSSR count). The molecule has 0 saturated carbocycles. The van der Waals surface area contributed by atoms with Crippen LogP contribution in [0.2, 0.25) is 5.02 Å². The molecule has 6 aromatic rings. The van der Waals surface area contributed by atoms with E-state index in [1.54, 1.807) is 66.7 Å². The Labute approximate surface area is 263 Å². The van der Waals surface area contributed by atoms with Gasteiger partial charge >= 0.3 is 5.97 Å². The quantitative estimate of drug-likeness (QED) is 0.131. The molecule has 0 amide bonds. The molecule has 0 aliphatic heterocycles. The highest BCUT2D eigenvalue weighted by molar-refractivity contribution is 14.1. The highest BCUT2D eigenvalue weighted by atomic mass is 127. The third-order valence-corrected chi connectivity index (χ3v) is 7.62. The molecule has 0 atom stereocenters. The zero-order chi connectivity index (χ0) is 30.1. The fourth-order valence-corrected chi connectivity index (χ4v) is 5.50. The lowest BCUT2D eigenvalue weighted by molar-refractivity contribution is 0.0696. The van der Waals surface area contributed by atoms with Crippen LogP contribution in [0.5, 0.6) is 11.5 Å². The first kappa shape index (κ1) is 28.4. The zero-order valence-corrected chi connectivity index (χ0v) is 25.4. The minimum atomic E-state index is -1.01. The topological polar surface area (TPSA) is 116 Å². The molecule has 0 unspecified atom stereocenters. The molecular weight excluding hydrogens is 685 g/mol. The van der Waals surface area contributed by atoms with Crippen molar-refractivity contribution in [3.63, 3.8) is 0 Å². The van der Waals surface area contributed by atoms with Gasteiger partial charge in [0, 0.05) is 10.4 Å². The second-order valence-corrected chi connectivity index (χ2v) is 11.0. The Hall–Kier alpha value is -4.68. The number of aromatic carboxylic acids is 1. The standard InChI is InChI=1S/C32H21ClIN3O6/c1-41-27-13-19(12-24(34)29(27)42-17-18-5-4-6-20(11-18)32(39)40)16-35-37-30(36-25-8-3-2-7-23(25)31(37)38)28-15-21-14-22(33)9-10-26(21)43-28/h2-16H,17H2,1H3,(H,39,40). The monoisotopic (exact) mass is 705 g/mol. The van der Waals surface area contributed by atoms with E-state index in [-0.39, 0.29) is 23.6 Å². The van der Waals surface area contributed by atoms with Gasteiger partial charge in [0.2, 0.25) is 5.82 Å². The van der Waals surface area contributed by atoms with Crippen LogP contribution in [0.25, 0.3) is 33.5 Å². The molecule has 0 spiro atoms. The van der Waals surface area contributed by atoms with E-state index in [1.165, 1.54) is 24.1 Å². The van der Waals surface area contributed by atoms with Crippen LogP contribution in [-0.4, -0.2) is 34.1 Å². The maximum absolute atomic E-state index is 13.6. The Morgan fingerprint density at radius 1 is 1.09 bits per heavy atom. The van der Waals surface area contributed by atoms with Crippen molar-refractivity contribution in [3.8, 4) is 23.1 Å². The third-order valence-electron chi connectivity index (χ3n) is 6.58. The van der Waals surface area contributed by atoms with Gasteiger partial charge in [-0.1, -0.05) is 35.9 Å². The summed E-state index contributed by atoms with van der Waals surface area (Å²) < 4.78 is 19.6. The average Bonchev–Trinajstić information content (AvgIpc) is 3.43. The van der Waals surface area contributed by atoms with Gasteiger partial charge in [-0.05, 0) is 94.4 Å². The largest absolute Gasteiger partial charge is 0.493 e. The summed E-state index contributed by atoms with van der Waals surface area (Å²) in [5, 5.41) is 15.5. The minimum absolute atomic E-state index is 0.144. The van der Waals surface area contributed by atoms with Gasteiger partial charge in [-0.2, -0.15) is 9.78 Å². The van der Waals surface area contributed by atoms with Crippen molar-refractivity contribution in [2.24, 2.45) is 5.10 Å². The molecule has 0 saturated heterocycles. The van der Waals surface area contributed by atoms with Crippen LogP contribution >= 0.6 is 34.2 Å². The van der Waals surface area contributed by atoms with E-state index in [0.717, 1.165) is 8.96 Å². The van der Waals surface area contributed by atoms with E-state index in [0.29, 0.717) is 49.9 Å². The molecule has 43 heavy (non-hydrogen) atoms. The van der Waals surface area contributed by atoms with Crippen molar-refractivity contribution in [3.05, 3.63) is 121 Å². The van der Waals surface area contributed by atoms with Crippen LogP contribution in [0.15, 0.2) is 99.2 Å². The van der Waals surface area contributed by atoms with Crippen LogP contribution < -0.4 is 15.0 Å². The number of fused-ring (bicyclic) bond motifs is 2. The Morgan fingerprint density at radius 3 is 2.74 bits per heavy atom. The number of nitrogens with zero attached hydrogens (tertiary/aromatic N) is 3. The second kappa shape index (κ2) is 11.9. The number of carboxylic acid groups (broad SMARTS) is 1. The predicted octanol–water partition coefficient (Wildman–Crippen LogP) is 7.24. The highest BCUT2D eigenvalue weighted by Crippen LogP contribution is 2.34. The summed E-state index contributed by atoms with van der Waals surface area (Å²) in [6.45, 7) is 0.144. The van der Waals surface area contributed by atoms with Gasteiger partial charge in [0.1, 0.15) is 12.2 Å². The average molecular weight is 706 g/mol. The molecule has 0 aliphatic rings. The van der Waals surface area contributed by atoms with Crippen LogP contribution in [-0.2, 0) is 6.61 Å². The number of carbonyl (C=O) groups is 1. The summed E-state index contributed by atoms with van der Waals surface area (Å²) in [5.74, 6) is 0.525. The molecule has 0 fully saturated rings. The van der Waals surface area contributed by atoms with E-state index in [9.17, 15) is 14.7 Å². The number of rotatable bonds is 8. The van der Waals surface area contributed by atoms with Gasteiger partial charge in [-0.15, -0.1) is 0 Å². The first-order chi connectivity index (χ1) is 20.8. The smallest absolute Gasteiger partial charge is 0.335 e. The van der Waals surface area contributed by atoms with Crippen LogP contribution in [0, 0.1) is 3.57 Å². The summed E-state index contributed by atoms with van der Waals surface area (Å²) >= 11 is 8.29. The fourth-order valence-electron chi connectivity index (χ4n) is 4.54. The summed E-state index contributed by atoms with van der Waals surface area (Å²) in [4.78, 5) is 29.6. The Bertz CT molecular complexity index is 2120. The number of carboxylic acids is 1. The van der Waals surface area contributed by atoms with E-state index in [4.69, 9.17) is 30.5 Å². The van der Waals surface area contributed by atoms with E-state index >= 15 is 0 Å². The number of hydrogen-bond acceptors (Lipinski definition) is 7. The number of aromatic nitrogens is 2. The Morgan fingerprint density at radius 2 is 1.93 bits per heavy atom. The lowest BCUT2D eigenvalue weighted by Gasteiger charge is -2.14. The van der Waals surface area contributed by atoms with Gasteiger partial charge < -0.3 is 19.0 Å². The third kappa shape index (κ3) is 5.84. The van der Waals surface area contributed by atoms with Crippen LogP contribution in [0.3, 0.4) is 0 Å². The number of benzene rings is 4. The molecule has 0 bridgehead atoms. The van der Waals surface area contributed by atoms with Crippen molar-refractivity contribution in [2.75, 3.05) is 7.11 Å². The van der Waals surface area contributed by atoms with Gasteiger partial charge in [-0.3, -0.25) is 4.79 Å². The summed E-state index contributed by atoms with van der Waals surface area (Å²) in [7, 11) is 1.52. The molecule has 2 heterocycles. The molecule has 2 aromatic heterocycles. The van der Waals surface area contributed by atoms with Gasteiger partial charge in [-0.25, -0.2) is 9.78 Å². The molecular formula is C32H21ClIN3O6. The van der Waals surface area contributed by atoms with Crippen molar-refractivity contribution in [1.82, 2.24) is 9.66 Å². The summed E-state index contributed by atoms with van der Waals surface area (Å²) in [6, 6.07) is 24.2. The van der Waals surface area contributed by atoms with Crippen molar-refractivity contribution in [2.45, 2.75) is 6.61 Å². The summed E-state index contributed by atoms with van der Waals surface area (Å²) in [6.07, 6.45) is 1.53. The number of halogens is 2. The molecule has 9 nitrogen and oxygen atoms in total. The normalized spacial score (nSPS) is 11.4. The lowest BCUT2D eigenvalue weighted by atomic mass is 10.1. The van der Waals surface area contributed by atoms with E-state index in [1.807, 2.05) is 12.1 Å². The van der Waals surface area contributed by atoms with Crippen molar-refractivity contribution < 1.29 is 23.8 Å². The van der Waals surface area contributed by atoms with Gasteiger partial charge in [0.15, 0.2) is 17.3 Å². The van der Waals surface area contributed by atoms with E-state index < -0.39 is 5.97 Å². The summed E-state index contributed by atoms with van der Waals surface area (Å²) in [5.41, 5.74) is 2.27. The predicted molar refractivity (Wildman–Crippen MR) is 173 cm³/mol. The van der Waals surface area contributed by atoms with E-state index in [2.05, 4.69) is 27.7 Å². The second-order valence-electron chi connectivity index (χ2n) is 9.44. The maximum atomic E-state index is 13.6. The van der Waals surface area contributed by atoms with Gasteiger partial charge in [0.25, 0.3) is 5.56 Å². The molecule has 4 aromatic carbocycles. The van der Waals surface area contributed by atoms with Crippen molar-refractivity contribution >= 4 is 68.2 Å². The molecule has 1 N–H and O–H groups in total. The van der Waals surface area contributed by atoms with Crippen molar-refractivity contribution in [1.29, 1.82) is 0 Å². The molecule has 0 aliphatic carbocycles. The number of ether oxygens (including phenoxy) is 2. The molecule has 214 valence electrons. The Balaban J connectivity index is 1.37. The van der Waals surface area contributed by atoms with Crippen LogP contribution in [0.4, 0.5) is 0 Å². The Kier molecular flexibility index (Phi) is 7.87. The number of methoxy groups -OCH3 is 1. The zero-order valence-electron chi connectivity index (χ0n) is 22.5. The lowest BCUT2D eigenvalue weighted by Crippen LogP contribution is -2.20. The highest BCUT2D eigenvalue weighted by Gasteiger charge is 2.17. The van der Waals surface area contributed by atoms with Crippen LogP contribution in [0.1, 0.15) is 21.5 Å². The molecule has 11 heteroatoms. The first-order valence-corrected chi connectivity index (χ1v) is 14.3.